The molecule has 0 saturated carbocycles. The summed E-state index contributed by atoms with van der Waals surface area (Å²) < 4.78 is 6.59. The molecule has 0 spiro atoms. The quantitative estimate of drug-likeness (QED) is 0.900. The number of nitrogens with two attached hydrogens (primary N) is 1. The molecule has 0 bridgehead atoms. The molecule has 1 fully saturated rings. The number of nitrogens with zero attached hydrogens (tertiary/aromatic N) is 2. The smallest absolute Gasteiger partial charge is 0.123 e. The lowest BCUT2D eigenvalue weighted by molar-refractivity contribution is 0.0175. The van der Waals surface area contributed by atoms with E-state index in [4.69, 9.17) is 10.5 Å². The fourth-order valence-corrected chi connectivity index (χ4v) is 3.36. The van der Waals surface area contributed by atoms with Crippen LogP contribution in [0.25, 0.3) is 0 Å². The van der Waals surface area contributed by atoms with Gasteiger partial charge in [0.1, 0.15) is 5.75 Å². The highest BCUT2D eigenvalue weighted by atomic mass is 79.9. The van der Waals surface area contributed by atoms with E-state index in [9.17, 15) is 0 Å². The fourth-order valence-electron chi connectivity index (χ4n) is 2.98. The number of halogens is 1. The van der Waals surface area contributed by atoms with Crippen molar-refractivity contribution in [2.45, 2.75) is 25.4 Å². The summed E-state index contributed by atoms with van der Waals surface area (Å²) in [5, 5.41) is 0. The van der Waals surface area contributed by atoms with Crippen molar-refractivity contribution >= 4 is 15.9 Å². The topological polar surface area (TPSA) is 41.7 Å². The molecule has 0 aromatic heterocycles. The van der Waals surface area contributed by atoms with Crippen molar-refractivity contribution in [3.05, 3.63) is 28.2 Å². The lowest BCUT2D eigenvalue weighted by Crippen LogP contribution is -2.58. The largest absolute Gasteiger partial charge is 0.496 e. The van der Waals surface area contributed by atoms with E-state index in [2.05, 4.69) is 52.7 Å². The van der Waals surface area contributed by atoms with Gasteiger partial charge in [0, 0.05) is 41.8 Å². The maximum Gasteiger partial charge on any atom is 0.123 e. The number of likely N-dealkylation sites (N-methyl/N-ethyl adjacent to an activating group) is 1. The van der Waals surface area contributed by atoms with Crippen LogP contribution in [0.3, 0.4) is 0 Å². The Morgan fingerprint density at radius 3 is 2.67 bits per heavy atom. The number of rotatable bonds is 4. The Morgan fingerprint density at radius 2 is 2.10 bits per heavy atom. The molecule has 0 aliphatic carbocycles. The summed E-state index contributed by atoms with van der Waals surface area (Å²) in [7, 11) is 3.91. The molecule has 5 heteroatoms. The van der Waals surface area contributed by atoms with Gasteiger partial charge in [-0.05, 0) is 39.1 Å². The van der Waals surface area contributed by atoms with E-state index in [-0.39, 0.29) is 11.6 Å². The van der Waals surface area contributed by atoms with Crippen molar-refractivity contribution in [3.8, 4) is 5.75 Å². The van der Waals surface area contributed by atoms with Crippen LogP contribution in [0.2, 0.25) is 0 Å². The minimum Gasteiger partial charge on any atom is -0.496 e. The fraction of sp³-hybridized carbons (Fsp3) is 0.625. The zero-order valence-electron chi connectivity index (χ0n) is 13.4. The third-order valence-corrected chi connectivity index (χ3v) is 5.05. The number of benzene rings is 1. The molecule has 21 heavy (non-hydrogen) atoms. The van der Waals surface area contributed by atoms with Crippen LogP contribution in [0.1, 0.15) is 25.5 Å². The van der Waals surface area contributed by atoms with E-state index in [1.165, 1.54) is 0 Å². The molecule has 2 rings (SSSR count). The van der Waals surface area contributed by atoms with Crippen molar-refractivity contribution in [3.63, 3.8) is 0 Å². The van der Waals surface area contributed by atoms with Crippen molar-refractivity contribution in [1.82, 2.24) is 9.80 Å². The summed E-state index contributed by atoms with van der Waals surface area (Å²) in [4.78, 5) is 4.89. The molecule has 1 saturated heterocycles. The molecular formula is C16H26BrN3O. The summed E-state index contributed by atoms with van der Waals surface area (Å²) in [5.41, 5.74) is 7.43. The van der Waals surface area contributed by atoms with E-state index < -0.39 is 0 Å². The highest BCUT2D eigenvalue weighted by Gasteiger charge is 2.35. The number of hydrogen-bond acceptors (Lipinski definition) is 4. The predicted octanol–water partition coefficient (Wildman–Crippen LogP) is 2.48. The van der Waals surface area contributed by atoms with E-state index in [1.807, 2.05) is 12.1 Å². The molecule has 1 unspecified atom stereocenters. The first-order valence-electron chi connectivity index (χ1n) is 7.38. The Hall–Kier alpha value is -0.620. The van der Waals surface area contributed by atoms with Crippen LogP contribution >= 0.6 is 15.9 Å². The first-order chi connectivity index (χ1) is 9.89. The maximum absolute atomic E-state index is 6.11. The van der Waals surface area contributed by atoms with Gasteiger partial charge in [-0.25, -0.2) is 0 Å². The highest BCUT2D eigenvalue weighted by molar-refractivity contribution is 9.10. The van der Waals surface area contributed by atoms with Gasteiger partial charge in [0.05, 0.1) is 13.2 Å². The molecule has 1 aromatic rings. The summed E-state index contributed by atoms with van der Waals surface area (Å²) in [6.07, 6.45) is 0. The van der Waals surface area contributed by atoms with Crippen molar-refractivity contribution < 1.29 is 4.74 Å². The van der Waals surface area contributed by atoms with E-state index >= 15 is 0 Å². The van der Waals surface area contributed by atoms with Gasteiger partial charge in [0.2, 0.25) is 0 Å². The average molecular weight is 356 g/mol. The summed E-state index contributed by atoms with van der Waals surface area (Å²) >= 11 is 3.56. The monoisotopic (exact) mass is 355 g/mol. The predicted molar refractivity (Wildman–Crippen MR) is 90.8 cm³/mol. The second-order valence-corrected chi connectivity index (χ2v) is 7.26. The lowest BCUT2D eigenvalue weighted by Gasteiger charge is -2.48. The molecule has 2 N–H and O–H groups in total. The first kappa shape index (κ1) is 16.7. The molecule has 1 aliphatic rings. The summed E-state index contributed by atoms with van der Waals surface area (Å²) in [5.74, 6) is 0.908. The molecule has 1 atom stereocenters. The van der Waals surface area contributed by atoms with Crippen molar-refractivity contribution in [2.75, 3.05) is 40.3 Å². The normalized spacial score (nSPS) is 21.2. The number of ether oxygens (including phenoxy) is 1. The zero-order valence-corrected chi connectivity index (χ0v) is 15.0. The molecule has 0 radical (unpaired) electrons. The van der Waals surface area contributed by atoms with E-state index in [1.54, 1.807) is 7.11 Å². The third kappa shape index (κ3) is 3.59. The summed E-state index contributed by atoms with van der Waals surface area (Å²) in [6, 6.07) is 6.32. The Bertz CT molecular complexity index is 492. The van der Waals surface area contributed by atoms with Gasteiger partial charge in [-0.3, -0.25) is 9.80 Å². The van der Waals surface area contributed by atoms with Gasteiger partial charge >= 0.3 is 0 Å². The van der Waals surface area contributed by atoms with E-state index in [0.29, 0.717) is 6.54 Å². The van der Waals surface area contributed by atoms with Gasteiger partial charge in [-0.2, -0.15) is 0 Å². The molecule has 118 valence electrons. The van der Waals surface area contributed by atoms with Crippen LogP contribution in [-0.2, 0) is 0 Å². The molecule has 1 aromatic carbocycles. The Kier molecular flexibility index (Phi) is 5.30. The van der Waals surface area contributed by atoms with Crippen LogP contribution in [0.4, 0.5) is 0 Å². The minimum atomic E-state index is 0.158. The maximum atomic E-state index is 6.11. The minimum absolute atomic E-state index is 0.158. The number of piperazine rings is 1. The van der Waals surface area contributed by atoms with Crippen LogP contribution in [0, 0.1) is 0 Å². The molecule has 0 amide bonds. The molecular weight excluding hydrogens is 330 g/mol. The van der Waals surface area contributed by atoms with Crippen LogP contribution in [0.5, 0.6) is 5.75 Å². The lowest BCUT2D eigenvalue weighted by atomic mass is 9.95. The Labute approximate surface area is 136 Å². The highest BCUT2D eigenvalue weighted by Crippen LogP contribution is 2.34. The first-order valence-corrected chi connectivity index (χ1v) is 8.17. The molecule has 4 nitrogen and oxygen atoms in total. The standard InChI is InChI=1S/C16H26BrN3O/c1-16(2)11-20(8-7-19(16)3)14(10-18)13-9-12(17)5-6-15(13)21-4/h5-6,9,14H,7-8,10-11,18H2,1-4H3. The van der Waals surface area contributed by atoms with E-state index in [0.717, 1.165) is 35.4 Å². The van der Waals surface area contributed by atoms with Gasteiger partial charge < -0.3 is 10.5 Å². The van der Waals surface area contributed by atoms with Crippen LogP contribution in [0.15, 0.2) is 22.7 Å². The summed E-state index contributed by atoms with van der Waals surface area (Å²) in [6.45, 7) is 8.24. The SMILES string of the molecule is COc1ccc(Br)cc1C(CN)N1CCN(C)C(C)(C)C1. The van der Waals surface area contributed by atoms with Gasteiger partial charge in [0.15, 0.2) is 0 Å². The Balaban J connectivity index is 2.30. The van der Waals surface area contributed by atoms with Crippen molar-refractivity contribution in [2.24, 2.45) is 5.73 Å². The average Bonchev–Trinajstić information content (AvgIpc) is 2.43. The second-order valence-electron chi connectivity index (χ2n) is 6.34. The zero-order chi connectivity index (χ0) is 15.6. The third-order valence-electron chi connectivity index (χ3n) is 4.56. The van der Waals surface area contributed by atoms with Crippen LogP contribution in [-0.4, -0.2) is 55.7 Å². The van der Waals surface area contributed by atoms with Crippen LogP contribution < -0.4 is 10.5 Å². The number of hydrogen-bond donors (Lipinski definition) is 1. The molecule has 1 aliphatic heterocycles. The van der Waals surface area contributed by atoms with Gasteiger partial charge in [-0.15, -0.1) is 0 Å². The van der Waals surface area contributed by atoms with Gasteiger partial charge in [0.25, 0.3) is 0 Å². The Morgan fingerprint density at radius 1 is 1.38 bits per heavy atom. The second kappa shape index (κ2) is 6.65. The van der Waals surface area contributed by atoms with Gasteiger partial charge in [-0.1, -0.05) is 15.9 Å². The number of methoxy groups -OCH3 is 1. The molecule has 1 heterocycles. The van der Waals surface area contributed by atoms with Crippen molar-refractivity contribution in [1.29, 1.82) is 0 Å².